The van der Waals surface area contributed by atoms with Crippen molar-refractivity contribution < 1.29 is 9.50 Å². The maximum atomic E-state index is 13.1. The standard InChI is InChI=1S/C13H8BrClFIO/c14-9-5-7(1-3-11(9)16)13(18)8-2-4-12(17)10(15)6-8/h1-6,13,18H. The first kappa shape index (κ1) is 14.2. The van der Waals surface area contributed by atoms with Crippen molar-refractivity contribution in [2.75, 3.05) is 0 Å². The summed E-state index contributed by atoms with van der Waals surface area (Å²) in [5.74, 6) is -0.355. The molecule has 94 valence electrons. The topological polar surface area (TPSA) is 20.2 Å². The Kier molecular flexibility index (Phi) is 4.64. The second kappa shape index (κ2) is 5.86. The average molecular weight is 441 g/mol. The first-order valence-corrected chi connectivity index (χ1v) is 7.32. The normalized spacial score (nSPS) is 12.5. The van der Waals surface area contributed by atoms with Gasteiger partial charge in [-0.1, -0.05) is 23.7 Å². The van der Waals surface area contributed by atoms with Crippen LogP contribution in [0.3, 0.4) is 0 Å². The number of benzene rings is 2. The Hall–Kier alpha value is -0.170. The zero-order valence-corrected chi connectivity index (χ0v) is 13.5. The molecule has 0 fully saturated rings. The molecular weight excluding hydrogens is 433 g/mol. The molecule has 0 bridgehead atoms. The highest BCUT2D eigenvalue weighted by Crippen LogP contribution is 2.29. The molecule has 0 aliphatic rings. The zero-order chi connectivity index (χ0) is 13.3. The fraction of sp³-hybridized carbons (Fsp3) is 0.0769. The highest BCUT2D eigenvalue weighted by atomic mass is 127. The first-order valence-electron chi connectivity index (χ1n) is 5.07. The molecule has 1 N–H and O–H groups in total. The smallest absolute Gasteiger partial charge is 0.137 e. The van der Waals surface area contributed by atoms with Gasteiger partial charge in [-0.2, -0.15) is 0 Å². The van der Waals surface area contributed by atoms with Crippen LogP contribution < -0.4 is 0 Å². The van der Waals surface area contributed by atoms with Crippen LogP contribution in [0.1, 0.15) is 17.2 Å². The summed E-state index contributed by atoms with van der Waals surface area (Å²) in [5.41, 5.74) is 1.29. The third-order valence-electron chi connectivity index (χ3n) is 2.52. The lowest BCUT2D eigenvalue weighted by atomic mass is 10.0. The minimum atomic E-state index is -0.823. The summed E-state index contributed by atoms with van der Waals surface area (Å²) in [6.07, 6.45) is -0.823. The molecule has 0 amide bonds. The zero-order valence-electron chi connectivity index (χ0n) is 9.00. The van der Waals surface area contributed by atoms with Gasteiger partial charge in [-0.05, 0) is 73.9 Å². The van der Waals surface area contributed by atoms with E-state index in [2.05, 4.69) is 38.5 Å². The fourth-order valence-electron chi connectivity index (χ4n) is 1.56. The van der Waals surface area contributed by atoms with Crippen molar-refractivity contribution in [3.05, 3.63) is 66.4 Å². The van der Waals surface area contributed by atoms with Crippen LogP contribution in [0.4, 0.5) is 4.39 Å². The van der Waals surface area contributed by atoms with Crippen LogP contribution in [0, 0.1) is 9.39 Å². The van der Waals surface area contributed by atoms with Gasteiger partial charge in [0.2, 0.25) is 0 Å². The van der Waals surface area contributed by atoms with E-state index in [1.54, 1.807) is 24.3 Å². The largest absolute Gasteiger partial charge is 0.384 e. The van der Waals surface area contributed by atoms with Gasteiger partial charge in [-0.25, -0.2) is 4.39 Å². The minimum Gasteiger partial charge on any atom is -0.384 e. The van der Waals surface area contributed by atoms with Crippen LogP contribution in [-0.2, 0) is 0 Å². The van der Waals surface area contributed by atoms with E-state index in [9.17, 15) is 9.50 Å². The van der Waals surface area contributed by atoms with Crippen molar-refractivity contribution >= 4 is 50.1 Å². The van der Waals surface area contributed by atoms with E-state index < -0.39 is 6.10 Å². The molecule has 0 aliphatic heterocycles. The maximum absolute atomic E-state index is 13.1. The Labute approximate surface area is 131 Å². The van der Waals surface area contributed by atoms with E-state index in [1.807, 2.05) is 6.07 Å². The molecule has 1 atom stereocenters. The van der Waals surface area contributed by atoms with Crippen molar-refractivity contribution in [1.29, 1.82) is 0 Å². The number of aliphatic hydroxyl groups is 1. The SMILES string of the molecule is OC(c1ccc(I)c(Cl)c1)c1ccc(F)c(Br)c1. The lowest BCUT2D eigenvalue weighted by Gasteiger charge is -2.13. The van der Waals surface area contributed by atoms with Crippen molar-refractivity contribution in [3.8, 4) is 0 Å². The van der Waals surface area contributed by atoms with Crippen molar-refractivity contribution in [2.24, 2.45) is 0 Å². The molecule has 2 aromatic carbocycles. The van der Waals surface area contributed by atoms with E-state index in [4.69, 9.17) is 11.6 Å². The Morgan fingerprint density at radius 2 is 1.78 bits per heavy atom. The molecule has 0 radical (unpaired) electrons. The third kappa shape index (κ3) is 3.04. The Morgan fingerprint density at radius 3 is 2.39 bits per heavy atom. The monoisotopic (exact) mass is 440 g/mol. The summed E-state index contributed by atoms with van der Waals surface area (Å²) in [6, 6.07) is 9.78. The van der Waals surface area contributed by atoms with Crippen LogP contribution in [0.5, 0.6) is 0 Å². The molecule has 2 aromatic rings. The van der Waals surface area contributed by atoms with Crippen LogP contribution in [0.25, 0.3) is 0 Å². The van der Waals surface area contributed by atoms with Crippen LogP contribution >= 0.6 is 50.1 Å². The molecule has 18 heavy (non-hydrogen) atoms. The molecule has 1 nitrogen and oxygen atoms in total. The lowest BCUT2D eigenvalue weighted by Crippen LogP contribution is -2.00. The Bertz CT molecular complexity index is 540. The molecule has 0 aliphatic carbocycles. The highest BCUT2D eigenvalue weighted by molar-refractivity contribution is 14.1. The van der Waals surface area contributed by atoms with Crippen LogP contribution in [0.15, 0.2) is 40.9 Å². The molecule has 0 heterocycles. The van der Waals surface area contributed by atoms with E-state index >= 15 is 0 Å². The predicted molar refractivity (Wildman–Crippen MR) is 82.3 cm³/mol. The molecule has 2 rings (SSSR count). The number of rotatable bonds is 2. The summed E-state index contributed by atoms with van der Waals surface area (Å²) in [5, 5.41) is 10.8. The Morgan fingerprint density at radius 1 is 1.17 bits per heavy atom. The first-order chi connectivity index (χ1) is 8.49. The van der Waals surface area contributed by atoms with Gasteiger partial charge >= 0.3 is 0 Å². The van der Waals surface area contributed by atoms with Gasteiger partial charge in [-0.15, -0.1) is 0 Å². The quantitative estimate of drug-likeness (QED) is 0.656. The van der Waals surface area contributed by atoms with Crippen molar-refractivity contribution in [1.82, 2.24) is 0 Å². The van der Waals surface area contributed by atoms with Gasteiger partial charge in [0.1, 0.15) is 11.9 Å². The number of halogens is 4. The molecule has 0 saturated carbocycles. The van der Waals surface area contributed by atoms with E-state index in [0.717, 1.165) is 3.57 Å². The Balaban J connectivity index is 2.37. The van der Waals surface area contributed by atoms with Gasteiger partial charge in [-0.3, -0.25) is 0 Å². The van der Waals surface area contributed by atoms with Gasteiger partial charge < -0.3 is 5.11 Å². The lowest BCUT2D eigenvalue weighted by molar-refractivity contribution is 0.220. The maximum Gasteiger partial charge on any atom is 0.137 e. The fourth-order valence-corrected chi connectivity index (χ4v) is 2.48. The minimum absolute atomic E-state index is 0.329. The van der Waals surface area contributed by atoms with E-state index in [1.165, 1.54) is 6.07 Å². The third-order valence-corrected chi connectivity index (χ3v) is 4.70. The number of hydrogen-bond donors (Lipinski definition) is 1. The number of hydrogen-bond acceptors (Lipinski definition) is 1. The van der Waals surface area contributed by atoms with E-state index in [-0.39, 0.29) is 5.82 Å². The summed E-state index contributed by atoms with van der Waals surface area (Å²) >= 11 is 11.2. The second-order valence-corrected chi connectivity index (χ2v) is 6.17. The molecule has 0 spiro atoms. The predicted octanol–water partition coefficient (Wildman–Crippen LogP) is 4.93. The van der Waals surface area contributed by atoms with Crippen molar-refractivity contribution in [2.45, 2.75) is 6.10 Å². The molecule has 0 aromatic heterocycles. The summed E-state index contributed by atoms with van der Waals surface area (Å²) in [4.78, 5) is 0. The highest BCUT2D eigenvalue weighted by Gasteiger charge is 2.13. The van der Waals surface area contributed by atoms with Gasteiger partial charge in [0.15, 0.2) is 0 Å². The number of aliphatic hydroxyl groups excluding tert-OH is 1. The molecule has 5 heteroatoms. The van der Waals surface area contributed by atoms with Gasteiger partial charge in [0.05, 0.1) is 9.50 Å². The van der Waals surface area contributed by atoms with Gasteiger partial charge in [0.25, 0.3) is 0 Å². The van der Waals surface area contributed by atoms with E-state index in [0.29, 0.717) is 20.6 Å². The average Bonchev–Trinajstić information content (AvgIpc) is 2.35. The van der Waals surface area contributed by atoms with Crippen molar-refractivity contribution in [3.63, 3.8) is 0 Å². The van der Waals surface area contributed by atoms with Crippen LogP contribution in [-0.4, -0.2) is 5.11 Å². The summed E-state index contributed by atoms with van der Waals surface area (Å²) < 4.78 is 14.4. The summed E-state index contributed by atoms with van der Waals surface area (Å²) in [6.45, 7) is 0. The molecule has 1 unspecified atom stereocenters. The molecular formula is C13H8BrClFIO. The van der Waals surface area contributed by atoms with Crippen LogP contribution in [0.2, 0.25) is 5.02 Å². The second-order valence-electron chi connectivity index (χ2n) is 3.75. The summed E-state index contributed by atoms with van der Waals surface area (Å²) in [7, 11) is 0. The van der Waals surface area contributed by atoms with Gasteiger partial charge in [0, 0.05) is 3.57 Å². The molecule has 0 saturated heterocycles.